The van der Waals surface area contributed by atoms with Crippen LogP contribution >= 0.6 is 0 Å². The fourth-order valence-electron chi connectivity index (χ4n) is 1.49. The van der Waals surface area contributed by atoms with Gasteiger partial charge in [-0.05, 0) is 19.1 Å². The molecule has 1 fully saturated rings. The first kappa shape index (κ1) is 12.1. The van der Waals surface area contributed by atoms with Gasteiger partial charge in [0.05, 0.1) is 11.3 Å². The molecule has 1 heterocycles. The van der Waals surface area contributed by atoms with Crippen molar-refractivity contribution in [1.82, 2.24) is 0 Å². The maximum Gasteiger partial charge on any atom is 0.308 e. The Morgan fingerprint density at radius 2 is 1.94 bits per heavy atom. The summed E-state index contributed by atoms with van der Waals surface area (Å²) in [6.45, 7) is 1.85. The third-order valence-corrected chi connectivity index (χ3v) is 3.77. The van der Waals surface area contributed by atoms with Crippen molar-refractivity contribution in [1.29, 1.82) is 0 Å². The SMILES string of the molecule is Cc1ccc(S(=O)(=O)OC2COC(=O)C2)cc1. The zero-order chi connectivity index (χ0) is 12.5. The van der Waals surface area contributed by atoms with Gasteiger partial charge in [0.25, 0.3) is 10.1 Å². The van der Waals surface area contributed by atoms with Crippen LogP contribution in [0.4, 0.5) is 0 Å². The number of ether oxygens (including phenoxy) is 1. The number of hydrogen-bond acceptors (Lipinski definition) is 5. The van der Waals surface area contributed by atoms with Gasteiger partial charge < -0.3 is 4.74 Å². The Kier molecular flexibility index (Phi) is 3.17. The van der Waals surface area contributed by atoms with Crippen molar-refractivity contribution in [2.45, 2.75) is 24.3 Å². The molecule has 5 nitrogen and oxygen atoms in total. The first-order chi connectivity index (χ1) is 7.97. The van der Waals surface area contributed by atoms with E-state index in [9.17, 15) is 13.2 Å². The number of esters is 1. The van der Waals surface area contributed by atoms with E-state index in [-0.39, 0.29) is 17.9 Å². The van der Waals surface area contributed by atoms with E-state index in [1.165, 1.54) is 12.1 Å². The van der Waals surface area contributed by atoms with Crippen LogP contribution in [-0.4, -0.2) is 27.1 Å². The lowest BCUT2D eigenvalue weighted by Crippen LogP contribution is -2.18. The molecule has 17 heavy (non-hydrogen) atoms. The maximum absolute atomic E-state index is 11.8. The molecule has 1 atom stereocenters. The van der Waals surface area contributed by atoms with Crippen LogP contribution in [0.15, 0.2) is 29.2 Å². The van der Waals surface area contributed by atoms with Crippen molar-refractivity contribution in [3.8, 4) is 0 Å². The molecule has 6 heteroatoms. The van der Waals surface area contributed by atoms with Gasteiger partial charge in [0.15, 0.2) is 0 Å². The highest BCUT2D eigenvalue weighted by Gasteiger charge is 2.30. The Morgan fingerprint density at radius 3 is 2.47 bits per heavy atom. The first-order valence-corrected chi connectivity index (χ1v) is 6.54. The standard InChI is InChI=1S/C11H12O5S/c1-8-2-4-10(5-3-8)17(13,14)16-9-6-11(12)15-7-9/h2-5,9H,6-7H2,1H3. The van der Waals surface area contributed by atoms with Crippen molar-refractivity contribution >= 4 is 16.1 Å². The highest BCUT2D eigenvalue weighted by Crippen LogP contribution is 2.19. The minimum absolute atomic E-state index is 0.01000. The molecule has 1 saturated heterocycles. The summed E-state index contributed by atoms with van der Waals surface area (Å²) in [4.78, 5) is 10.9. The molecule has 0 aliphatic carbocycles. The maximum atomic E-state index is 11.8. The van der Waals surface area contributed by atoms with Gasteiger partial charge in [-0.3, -0.25) is 8.98 Å². The van der Waals surface area contributed by atoms with E-state index in [1.807, 2.05) is 6.92 Å². The number of rotatable bonds is 3. The van der Waals surface area contributed by atoms with Crippen LogP contribution in [0.3, 0.4) is 0 Å². The fraction of sp³-hybridized carbons (Fsp3) is 0.364. The van der Waals surface area contributed by atoms with Gasteiger partial charge in [-0.1, -0.05) is 17.7 Å². The molecule has 0 saturated carbocycles. The normalized spacial score (nSPS) is 20.3. The van der Waals surface area contributed by atoms with Crippen molar-refractivity contribution in [3.63, 3.8) is 0 Å². The van der Waals surface area contributed by atoms with Crippen molar-refractivity contribution < 1.29 is 22.1 Å². The first-order valence-electron chi connectivity index (χ1n) is 5.13. The van der Waals surface area contributed by atoms with Crippen LogP contribution in [0, 0.1) is 6.92 Å². The summed E-state index contributed by atoms with van der Waals surface area (Å²) in [6, 6.07) is 6.32. The van der Waals surface area contributed by atoms with E-state index in [1.54, 1.807) is 12.1 Å². The molecule has 0 aromatic heterocycles. The lowest BCUT2D eigenvalue weighted by molar-refractivity contribution is -0.137. The van der Waals surface area contributed by atoms with E-state index in [2.05, 4.69) is 4.74 Å². The molecule has 1 aromatic rings. The van der Waals surface area contributed by atoms with E-state index in [0.717, 1.165) is 5.56 Å². The van der Waals surface area contributed by atoms with Gasteiger partial charge >= 0.3 is 5.97 Å². The zero-order valence-electron chi connectivity index (χ0n) is 9.25. The van der Waals surface area contributed by atoms with Crippen LogP contribution in [0.1, 0.15) is 12.0 Å². The summed E-state index contributed by atoms with van der Waals surface area (Å²) in [6.07, 6.45) is -0.737. The van der Waals surface area contributed by atoms with Gasteiger partial charge in [-0.2, -0.15) is 8.42 Å². The molecule has 0 bridgehead atoms. The second-order valence-electron chi connectivity index (χ2n) is 3.87. The topological polar surface area (TPSA) is 69.7 Å². The Hall–Kier alpha value is -1.40. The number of carbonyl (C=O) groups excluding carboxylic acids is 1. The summed E-state index contributed by atoms with van der Waals surface area (Å²) >= 11 is 0. The van der Waals surface area contributed by atoms with Gasteiger partial charge in [-0.15, -0.1) is 0 Å². The Morgan fingerprint density at radius 1 is 1.29 bits per heavy atom. The minimum atomic E-state index is -3.82. The van der Waals surface area contributed by atoms with Crippen molar-refractivity contribution in [3.05, 3.63) is 29.8 Å². The van der Waals surface area contributed by atoms with Gasteiger partial charge in [0, 0.05) is 0 Å². The van der Waals surface area contributed by atoms with E-state index in [4.69, 9.17) is 4.18 Å². The third-order valence-electron chi connectivity index (χ3n) is 2.40. The quantitative estimate of drug-likeness (QED) is 0.596. The van der Waals surface area contributed by atoms with Crippen LogP contribution in [0.25, 0.3) is 0 Å². The van der Waals surface area contributed by atoms with Crippen LogP contribution < -0.4 is 0 Å². The molecule has 92 valence electrons. The summed E-state index contributed by atoms with van der Waals surface area (Å²) in [5.41, 5.74) is 0.961. The second-order valence-corrected chi connectivity index (χ2v) is 5.44. The average molecular weight is 256 g/mol. The van der Waals surface area contributed by atoms with Crippen molar-refractivity contribution in [2.24, 2.45) is 0 Å². The Bertz CT molecular complexity index is 517. The largest absolute Gasteiger partial charge is 0.463 e. The van der Waals surface area contributed by atoms with Gasteiger partial charge in [-0.25, -0.2) is 0 Å². The Labute approximate surface area is 99.5 Å². The average Bonchev–Trinajstić information content (AvgIpc) is 2.63. The lowest BCUT2D eigenvalue weighted by atomic mass is 10.2. The highest BCUT2D eigenvalue weighted by atomic mass is 32.2. The molecule has 0 spiro atoms. The van der Waals surface area contributed by atoms with Gasteiger partial charge in [0.1, 0.15) is 12.7 Å². The van der Waals surface area contributed by atoms with Crippen molar-refractivity contribution in [2.75, 3.05) is 6.61 Å². The lowest BCUT2D eigenvalue weighted by Gasteiger charge is -2.09. The van der Waals surface area contributed by atoms with E-state index in [0.29, 0.717) is 0 Å². The molecule has 1 aliphatic rings. The smallest absolute Gasteiger partial charge is 0.308 e. The summed E-state index contributed by atoms with van der Waals surface area (Å²) in [7, 11) is -3.82. The van der Waals surface area contributed by atoms with Crippen LogP contribution in [0.2, 0.25) is 0 Å². The number of hydrogen-bond donors (Lipinski definition) is 0. The number of carbonyl (C=O) groups is 1. The fourth-order valence-corrected chi connectivity index (χ4v) is 2.55. The second kappa shape index (κ2) is 4.46. The molecule has 0 amide bonds. The third kappa shape index (κ3) is 2.83. The molecule has 2 rings (SSSR count). The zero-order valence-corrected chi connectivity index (χ0v) is 10.1. The summed E-state index contributed by atoms with van der Waals surface area (Å²) in [5, 5.41) is 0. The highest BCUT2D eigenvalue weighted by molar-refractivity contribution is 7.86. The number of cyclic esters (lactones) is 1. The van der Waals surface area contributed by atoms with Crippen LogP contribution in [0.5, 0.6) is 0 Å². The summed E-state index contributed by atoms with van der Waals surface area (Å²) < 4.78 is 33.2. The monoisotopic (exact) mass is 256 g/mol. The molecular formula is C11H12O5S. The molecule has 0 radical (unpaired) electrons. The summed E-state index contributed by atoms with van der Waals surface area (Å²) in [5.74, 6) is -0.436. The number of benzene rings is 1. The van der Waals surface area contributed by atoms with E-state index < -0.39 is 22.2 Å². The minimum Gasteiger partial charge on any atom is -0.463 e. The predicted octanol–water partition coefficient (Wildman–Crippen LogP) is 1.02. The molecular weight excluding hydrogens is 244 g/mol. The molecule has 0 N–H and O–H groups in total. The number of aryl methyl sites for hydroxylation is 1. The van der Waals surface area contributed by atoms with E-state index >= 15 is 0 Å². The predicted molar refractivity (Wildman–Crippen MR) is 58.8 cm³/mol. The molecule has 1 aliphatic heterocycles. The molecule has 1 unspecified atom stereocenters. The van der Waals surface area contributed by atoms with Crippen LogP contribution in [-0.2, 0) is 23.8 Å². The van der Waals surface area contributed by atoms with Gasteiger partial charge in [0.2, 0.25) is 0 Å². The Balaban J connectivity index is 2.14. The molecule has 1 aromatic carbocycles.